The second-order valence-corrected chi connectivity index (χ2v) is 2.23. The smallest absolute Gasteiger partial charge is 0.169 e. The van der Waals surface area contributed by atoms with Crippen molar-refractivity contribution >= 4 is 6.29 Å². The third-order valence-corrected chi connectivity index (χ3v) is 1.40. The summed E-state index contributed by atoms with van der Waals surface area (Å²) in [6, 6.07) is 1.70. The Balaban J connectivity index is 3.28. The average molecular weight is 174 g/mol. The fourth-order valence-electron chi connectivity index (χ4n) is 0.832. The minimum Gasteiger partial charge on any atom is -0.298 e. The van der Waals surface area contributed by atoms with E-state index in [1.165, 1.54) is 0 Å². The highest BCUT2D eigenvalue weighted by molar-refractivity contribution is 5.75. The van der Waals surface area contributed by atoms with Gasteiger partial charge in [0.25, 0.3) is 0 Å². The molecule has 0 bridgehead atoms. The molecule has 0 radical (unpaired) electrons. The normalized spacial score (nSPS) is 9.92. The minimum atomic E-state index is -1.23. The summed E-state index contributed by atoms with van der Waals surface area (Å²) >= 11 is 0. The highest BCUT2D eigenvalue weighted by Crippen LogP contribution is 2.14. The van der Waals surface area contributed by atoms with E-state index in [-0.39, 0.29) is 11.8 Å². The lowest BCUT2D eigenvalue weighted by atomic mass is 10.1. The number of benzene rings is 1. The van der Waals surface area contributed by atoms with Crippen molar-refractivity contribution in [1.29, 1.82) is 0 Å². The summed E-state index contributed by atoms with van der Waals surface area (Å²) in [6.45, 7) is -0.919. The Bertz CT molecular complexity index is 309. The Morgan fingerprint density at radius 3 is 2.50 bits per heavy atom. The first-order valence-corrected chi connectivity index (χ1v) is 3.18. The van der Waals surface area contributed by atoms with E-state index in [2.05, 4.69) is 0 Å². The van der Waals surface area contributed by atoms with Crippen LogP contribution in [0.4, 0.5) is 13.2 Å². The lowest BCUT2D eigenvalue weighted by molar-refractivity contribution is 0.111. The van der Waals surface area contributed by atoms with Crippen LogP contribution in [0.15, 0.2) is 12.1 Å². The van der Waals surface area contributed by atoms with Crippen LogP contribution in [0.3, 0.4) is 0 Å². The van der Waals surface area contributed by atoms with Gasteiger partial charge in [0.2, 0.25) is 0 Å². The molecule has 0 aliphatic rings. The van der Waals surface area contributed by atoms with Gasteiger partial charge in [-0.05, 0) is 17.7 Å². The molecule has 0 aliphatic heterocycles. The number of aldehydes is 1. The number of carbonyl (C=O) groups excluding carboxylic acids is 1. The van der Waals surface area contributed by atoms with Crippen LogP contribution in [-0.2, 0) is 6.67 Å². The van der Waals surface area contributed by atoms with E-state index in [0.29, 0.717) is 0 Å². The Kier molecular flexibility index (Phi) is 2.47. The van der Waals surface area contributed by atoms with E-state index < -0.39 is 23.9 Å². The predicted molar refractivity (Wildman–Crippen MR) is 36.6 cm³/mol. The Hall–Kier alpha value is -1.32. The molecule has 4 heteroatoms. The number of alkyl halides is 1. The molecule has 0 heterocycles. The molecule has 1 rings (SSSR count). The molecule has 0 amide bonds. The molecule has 64 valence electrons. The van der Waals surface area contributed by atoms with Gasteiger partial charge in [-0.25, -0.2) is 13.2 Å². The molecule has 0 aliphatic carbocycles. The number of hydrogen-bond acceptors (Lipinski definition) is 1. The Labute approximate surface area is 66.8 Å². The van der Waals surface area contributed by atoms with Gasteiger partial charge in [0.05, 0.1) is 5.56 Å². The maximum atomic E-state index is 12.6. The van der Waals surface area contributed by atoms with Crippen molar-refractivity contribution in [2.45, 2.75) is 6.67 Å². The van der Waals surface area contributed by atoms with Crippen molar-refractivity contribution in [3.63, 3.8) is 0 Å². The molecule has 0 saturated heterocycles. The lowest BCUT2D eigenvalue weighted by Crippen LogP contribution is -1.95. The van der Waals surface area contributed by atoms with Crippen molar-refractivity contribution in [2.75, 3.05) is 0 Å². The number of halogens is 3. The van der Waals surface area contributed by atoms with Gasteiger partial charge in [-0.2, -0.15) is 0 Å². The fraction of sp³-hybridized carbons (Fsp3) is 0.125. The van der Waals surface area contributed by atoms with Crippen molar-refractivity contribution in [1.82, 2.24) is 0 Å². The van der Waals surface area contributed by atoms with Crippen molar-refractivity contribution < 1.29 is 18.0 Å². The van der Waals surface area contributed by atoms with E-state index in [9.17, 15) is 18.0 Å². The second-order valence-electron chi connectivity index (χ2n) is 2.23. The van der Waals surface area contributed by atoms with Gasteiger partial charge < -0.3 is 0 Å². The van der Waals surface area contributed by atoms with Crippen LogP contribution in [0.2, 0.25) is 0 Å². The quantitative estimate of drug-likeness (QED) is 0.628. The lowest BCUT2D eigenvalue weighted by Gasteiger charge is -1.99. The van der Waals surface area contributed by atoms with Crippen LogP contribution in [0.5, 0.6) is 0 Å². The highest BCUT2D eigenvalue weighted by Gasteiger charge is 2.09. The molecular weight excluding hydrogens is 169 g/mol. The van der Waals surface area contributed by atoms with Gasteiger partial charge in [0.1, 0.15) is 6.67 Å². The van der Waals surface area contributed by atoms with Gasteiger partial charge in [-0.1, -0.05) is 0 Å². The zero-order chi connectivity index (χ0) is 9.14. The molecule has 1 aromatic carbocycles. The third kappa shape index (κ3) is 1.47. The summed E-state index contributed by atoms with van der Waals surface area (Å²) in [5.74, 6) is -2.44. The summed E-state index contributed by atoms with van der Waals surface area (Å²) < 4.78 is 37.1. The van der Waals surface area contributed by atoms with Crippen molar-refractivity contribution in [3.05, 3.63) is 34.9 Å². The number of hydrogen-bond donors (Lipinski definition) is 0. The molecule has 0 spiro atoms. The molecule has 1 aromatic rings. The zero-order valence-electron chi connectivity index (χ0n) is 5.98. The summed E-state index contributed by atoms with van der Waals surface area (Å²) in [4.78, 5) is 10.1. The van der Waals surface area contributed by atoms with E-state index in [1.54, 1.807) is 0 Å². The summed E-state index contributed by atoms with van der Waals surface area (Å²) in [7, 11) is 0. The topological polar surface area (TPSA) is 17.1 Å². The minimum absolute atomic E-state index is 0.0454. The predicted octanol–water partition coefficient (Wildman–Crippen LogP) is 2.25. The molecule has 0 unspecified atom stereocenters. The molecule has 12 heavy (non-hydrogen) atoms. The van der Waals surface area contributed by atoms with Gasteiger partial charge in [-0.3, -0.25) is 4.79 Å². The van der Waals surface area contributed by atoms with E-state index >= 15 is 0 Å². The molecular formula is C8H5F3O. The maximum absolute atomic E-state index is 12.6. The first-order chi connectivity index (χ1) is 5.69. The summed E-state index contributed by atoms with van der Waals surface area (Å²) in [5.41, 5.74) is -0.501. The zero-order valence-corrected chi connectivity index (χ0v) is 5.98. The van der Waals surface area contributed by atoms with Crippen molar-refractivity contribution in [2.24, 2.45) is 0 Å². The maximum Gasteiger partial charge on any atom is 0.169 e. The third-order valence-electron chi connectivity index (χ3n) is 1.40. The Morgan fingerprint density at radius 2 is 2.00 bits per heavy atom. The first kappa shape index (κ1) is 8.77. The molecule has 0 fully saturated rings. The van der Waals surface area contributed by atoms with Crippen LogP contribution in [-0.4, -0.2) is 6.29 Å². The largest absolute Gasteiger partial charge is 0.298 e. The van der Waals surface area contributed by atoms with Gasteiger partial charge >= 0.3 is 0 Å². The number of rotatable bonds is 2. The van der Waals surface area contributed by atoms with Crippen LogP contribution in [0.25, 0.3) is 0 Å². The molecule has 0 atom stereocenters. The molecule has 0 aromatic heterocycles. The second kappa shape index (κ2) is 3.38. The van der Waals surface area contributed by atoms with Gasteiger partial charge in [-0.15, -0.1) is 0 Å². The van der Waals surface area contributed by atoms with Crippen LogP contribution in [0, 0.1) is 11.6 Å². The number of carbonyl (C=O) groups is 1. The molecule has 0 N–H and O–H groups in total. The van der Waals surface area contributed by atoms with Crippen LogP contribution < -0.4 is 0 Å². The highest BCUT2D eigenvalue weighted by atomic mass is 19.2. The monoisotopic (exact) mass is 174 g/mol. The van der Waals surface area contributed by atoms with E-state index in [0.717, 1.165) is 12.1 Å². The molecule has 0 saturated carbocycles. The van der Waals surface area contributed by atoms with E-state index in [4.69, 9.17) is 0 Å². The summed E-state index contributed by atoms with van der Waals surface area (Å²) in [5, 5.41) is 0. The van der Waals surface area contributed by atoms with Crippen molar-refractivity contribution in [3.8, 4) is 0 Å². The van der Waals surface area contributed by atoms with E-state index in [1.807, 2.05) is 0 Å². The van der Waals surface area contributed by atoms with Gasteiger partial charge in [0.15, 0.2) is 17.9 Å². The summed E-state index contributed by atoms with van der Waals surface area (Å²) in [6.07, 6.45) is 0.150. The first-order valence-electron chi connectivity index (χ1n) is 3.18. The molecule has 1 nitrogen and oxygen atoms in total. The van der Waals surface area contributed by atoms with Crippen LogP contribution >= 0.6 is 0 Å². The average Bonchev–Trinajstić information content (AvgIpc) is 2.09. The fourth-order valence-corrected chi connectivity index (χ4v) is 0.832. The SMILES string of the molecule is O=Cc1cc(CF)cc(F)c1F. The van der Waals surface area contributed by atoms with Crippen LogP contribution in [0.1, 0.15) is 15.9 Å². The standard InChI is InChI=1S/C8H5F3O/c9-3-5-1-6(4-12)8(11)7(10)2-5/h1-2,4H,3H2. The Morgan fingerprint density at radius 1 is 1.33 bits per heavy atom. The van der Waals surface area contributed by atoms with Gasteiger partial charge in [0, 0.05) is 0 Å².